The predicted octanol–water partition coefficient (Wildman–Crippen LogP) is 4.95. The van der Waals surface area contributed by atoms with Gasteiger partial charge < -0.3 is 0 Å². The van der Waals surface area contributed by atoms with E-state index in [1.807, 2.05) is 31.2 Å². The number of anilines is 1. The van der Waals surface area contributed by atoms with Crippen LogP contribution in [-0.4, -0.2) is 41.2 Å². The van der Waals surface area contributed by atoms with Crippen LogP contribution in [0, 0.1) is 6.92 Å². The van der Waals surface area contributed by atoms with E-state index in [0.29, 0.717) is 24.5 Å². The molecular weight excluding hydrogens is 492 g/mol. The number of benzene rings is 2. The second-order valence-corrected chi connectivity index (χ2v) is 11.9. The third-order valence-electron chi connectivity index (χ3n) is 6.53. The summed E-state index contributed by atoms with van der Waals surface area (Å²) in [5.41, 5.74) is 3.86. The normalized spacial score (nSPS) is 16.4. The quantitative estimate of drug-likeness (QED) is 0.344. The minimum atomic E-state index is -3.82. The highest BCUT2D eigenvalue weighted by molar-refractivity contribution is 7.89. The number of aryl methyl sites for hydroxylation is 2. The number of hydrogen-bond acceptors (Lipinski definition) is 6. The lowest BCUT2D eigenvalue weighted by atomic mass is 10.2. The molecule has 1 atom stereocenters. The Labute approximate surface area is 215 Å². The summed E-state index contributed by atoms with van der Waals surface area (Å²) in [6, 6.07) is 15.8. The Kier molecular flexibility index (Phi) is 6.87. The second-order valence-electron chi connectivity index (χ2n) is 9.02. The Morgan fingerprint density at radius 3 is 2.67 bits per heavy atom. The maximum atomic E-state index is 14.1. The van der Waals surface area contributed by atoms with Gasteiger partial charge in [0, 0.05) is 18.9 Å². The number of carbonyl (C=O) groups excluding carboxylic acids is 1. The van der Waals surface area contributed by atoms with Gasteiger partial charge in [0.1, 0.15) is 6.04 Å². The number of carbonyl (C=O) groups is 1. The lowest BCUT2D eigenvalue weighted by molar-refractivity contribution is -0.121. The fourth-order valence-electron chi connectivity index (χ4n) is 4.51. The summed E-state index contributed by atoms with van der Waals surface area (Å²) < 4.78 is 29.4. The van der Waals surface area contributed by atoms with E-state index in [9.17, 15) is 13.2 Å². The number of fused-ring (bicyclic) bond motifs is 1. The molecular formula is C27H28N4O3S2. The third kappa shape index (κ3) is 4.78. The molecule has 2 aromatic carbocycles. The van der Waals surface area contributed by atoms with Crippen LogP contribution < -0.4 is 4.90 Å². The summed E-state index contributed by atoms with van der Waals surface area (Å²) in [5, 5.41) is 0.562. The fourth-order valence-corrected chi connectivity index (χ4v) is 7.19. The first-order valence-corrected chi connectivity index (χ1v) is 14.3. The van der Waals surface area contributed by atoms with Crippen molar-refractivity contribution in [3.05, 3.63) is 83.7 Å². The zero-order valence-electron chi connectivity index (χ0n) is 20.3. The highest BCUT2D eigenvalue weighted by Crippen LogP contribution is 2.34. The van der Waals surface area contributed by atoms with Gasteiger partial charge in [-0.1, -0.05) is 48.1 Å². The standard InChI is InChI=1S/C27H28N4O3S2/c1-3-20-10-13-23-25(16-20)35-27(29-23)30(18-21-6-4-14-28-17-21)26(32)24-7-5-15-31(24)36(33,34)22-11-8-19(2)9-12-22/h4,6,8-14,16-17,24H,3,5,7,15,18H2,1-2H3. The summed E-state index contributed by atoms with van der Waals surface area (Å²) in [7, 11) is -3.82. The number of amides is 1. The smallest absolute Gasteiger partial charge is 0.247 e. The molecule has 5 rings (SSSR count). The van der Waals surface area contributed by atoms with Crippen molar-refractivity contribution in [2.75, 3.05) is 11.4 Å². The van der Waals surface area contributed by atoms with E-state index in [-0.39, 0.29) is 17.3 Å². The van der Waals surface area contributed by atoms with Crippen LogP contribution in [0.3, 0.4) is 0 Å². The zero-order chi connectivity index (χ0) is 25.3. The Morgan fingerprint density at radius 1 is 1.14 bits per heavy atom. The molecule has 0 spiro atoms. The number of pyridine rings is 1. The summed E-state index contributed by atoms with van der Waals surface area (Å²) in [5.74, 6) is -0.262. The van der Waals surface area contributed by atoms with Crippen molar-refractivity contribution in [3.63, 3.8) is 0 Å². The first-order valence-electron chi connectivity index (χ1n) is 12.0. The van der Waals surface area contributed by atoms with Gasteiger partial charge in [0.05, 0.1) is 21.7 Å². The van der Waals surface area contributed by atoms with Gasteiger partial charge >= 0.3 is 0 Å². The monoisotopic (exact) mass is 520 g/mol. The molecule has 186 valence electrons. The van der Waals surface area contributed by atoms with Crippen molar-refractivity contribution >= 4 is 42.6 Å². The predicted molar refractivity (Wildman–Crippen MR) is 143 cm³/mol. The van der Waals surface area contributed by atoms with E-state index >= 15 is 0 Å². The molecule has 1 aliphatic rings. The molecule has 0 N–H and O–H groups in total. The van der Waals surface area contributed by atoms with E-state index < -0.39 is 16.1 Å². The highest BCUT2D eigenvalue weighted by atomic mass is 32.2. The van der Waals surface area contributed by atoms with Gasteiger partial charge in [-0.25, -0.2) is 13.4 Å². The molecule has 1 amide bonds. The van der Waals surface area contributed by atoms with Crippen molar-refractivity contribution in [2.45, 2.75) is 50.6 Å². The van der Waals surface area contributed by atoms with Gasteiger partial charge in [-0.05, 0) is 67.6 Å². The van der Waals surface area contributed by atoms with Crippen LogP contribution in [0.25, 0.3) is 10.2 Å². The average molecular weight is 521 g/mol. The van der Waals surface area contributed by atoms with Crippen molar-refractivity contribution in [1.82, 2.24) is 14.3 Å². The van der Waals surface area contributed by atoms with Crippen LogP contribution in [-0.2, 0) is 27.8 Å². The van der Waals surface area contributed by atoms with Gasteiger partial charge in [-0.3, -0.25) is 14.7 Å². The van der Waals surface area contributed by atoms with E-state index in [2.05, 4.69) is 18.0 Å². The molecule has 1 unspecified atom stereocenters. The highest BCUT2D eigenvalue weighted by Gasteiger charge is 2.42. The average Bonchev–Trinajstić information content (AvgIpc) is 3.55. The molecule has 9 heteroatoms. The first kappa shape index (κ1) is 24.5. The van der Waals surface area contributed by atoms with E-state index in [0.717, 1.165) is 27.8 Å². The summed E-state index contributed by atoms with van der Waals surface area (Å²) >= 11 is 1.45. The van der Waals surface area contributed by atoms with Crippen molar-refractivity contribution in [1.29, 1.82) is 0 Å². The molecule has 2 aromatic heterocycles. The summed E-state index contributed by atoms with van der Waals surface area (Å²) in [6.45, 7) is 4.59. The van der Waals surface area contributed by atoms with Gasteiger partial charge in [-0.15, -0.1) is 0 Å². The molecule has 0 radical (unpaired) electrons. The molecule has 0 aliphatic carbocycles. The SMILES string of the molecule is CCc1ccc2nc(N(Cc3cccnc3)C(=O)C3CCCN3S(=O)(=O)c3ccc(C)cc3)sc2c1. The maximum absolute atomic E-state index is 14.1. The Hall–Kier alpha value is -3.14. The molecule has 1 saturated heterocycles. The molecule has 1 fully saturated rings. The van der Waals surface area contributed by atoms with Crippen molar-refractivity contribution < 1.29 is 13.2 Å². The van der Waals surface area contributed by atoms with E-state index in [4.69, 9.17) is 4.98 Å². The van der Waals surface area contributed by atoms with Crippen molar-refractivity contribution in [2.24, 2.45) is 0 Å². The van der Waals surface area contributed by atoms with E-state index in [1.165, 1.54) is 21.2 Å². The molecule has 1 aliphatic heterocycles. The van der Waals surface area contributed by atoms with Crippen LogP contribution in [0.1, 0.15) is 36.5 Å². The maximum Gasteiger partial charge on any atom is 0.247 e. The van der Waals surface area contributed by atoms with Gasteiger partial charge in [-0.2, -0.15) is 4.31 Å². The Bertz CT molecular complexity index is 1480. The molecule has 7 nitrogen and oxygen atoms in total. The van der Waals surface area contributed by atoms with Crippen LogP contribution in [0.5, 0.6) is 0 Å². The van der Waals surface area contributed by atoms with Gasteiger partial charge in [0.2, 0.25) is 15.9 Å². The lowest BCUT2D eigenvalue weighted by Crippen LogP contribution is -2.47. The minimum absolute atomic E-state index is 0.207. The minimum Gasteiger partial charge on any atom is -0.282 e. The topological polar surface area (TPSA) is 83.5 Å². The van der Waals surface area contributed by atoms with Crippen LogP contribution >= 0.6 is 11.3 Å². The van der Waals surface area contributed by atoms with Gasteiger partial charge in [0.25, 0.3) is 0 Å². The number of hydrogen-bond donors (Lipinski definition) is 0. The summed E-state index contributed by atoms with van der Waals surface area (Å²) in [4.78, 5) is 24.9. The second kappa shape index (κ2) is 10.1. The van der Waals surface area contributed by atoms with Crippen LogP contribution in [0.2, 0.25) is 0 Å². The number of aromatic nitrogens is 2. The van der Waals surface area contributed by atoms with Gasteiger partial charge in [0.15, 0.2) is 5.13 Å². The molecule has 3 heterocycles. The third-order valence-corrected chi connectivity index (χ3v) is 9.49. The fraction of sp³-hybridized carbons (Fsp3) is 0.296. The van der Waals surface area contributed by atoms with E-state index in [1.54, 1.807) is 41.6 Å². The molecule has 36 heavy (non-hydrogen) atoms. The van der Waals surface area contributed by atoms with Crippen LogP contribution in [0.4, 0.5) is 5.13 Å². The van der Waals surface area contributed by atoms with Crippen LogP contribution in [0.15, 0.2) is 71.9 Å². The number of rotatable bonds is 7. The first-order chi connectivity index (χ1) is 17.4. The summed E-state index contributed by atoms with van der Waals surface area (Å²) in [6.07, 6.45) is 5.42. The number of nitrogens with zero attached hydrogens (tertiary/aromatic N) is 4. The Balaban J connectivity index is 1.52. The molecule has 0 saturated carbocycles. The largest absolute Gasteiger partial charge is 0.282 e. The molecule has 0 bridgehead atoms. The number of sulfonamides is 1. The Morgan fingerprint density at radius 2 is 1.94 bits per heavy atom. The lowest BCUT2D eigenvalue weighted by Gasteiger charge is -2.28. The molecule has 4 aromatic rings. The number of thiazole rings is 1. The van der Waals surface area contributed by atoms with Crippen molar-refractivity contribution in [3.8, 4) is 0 Å². The zero-order valence-corrected chi connectivity index (χ0v) is 21.9.